The Bertz CT molecular complexity index is 500. The molecule has 0 saturated heterocycles. The van der Waals surface area contributed by atoms with Crippen molar-refractivity contribution in [3.05, 3.63) is 47.9 Å². The Balaban J connectivity index is 2.50. The van der Waals surface area contributed by atoms with E-state index in [-0.39, 0.29) is 6.04 Å². The number of benzene rings is 1. The smallest absolute Gasteiger partial charge is 0.237 e. The van der Waals surface area contributed by atoms with Gasteiger partial charge in [-0.15, -0.1) is 11.8 Å². The van der Waals surface area contributed by atoms with E-state index in [1.54, 1.807) is 31.3 Å². The predicted octanol–water partition coefficient (Wildman–Crippen LogP) is 2.52. The molecule has 0 aliphatic carbocycles. The zero-order valence-corrected chi connectivity index (χ0v) is 12.1. The average Bonchev–Trinajstić information content (AvgIpc) is 2.49. The summed E-state index contributed by atoms with van der Waals surface area (Å²) in [6, 6.07) is 8.24. The summed E-state index contributed by atoms with van der Waals surface area (Å²) in [4.78, 5) is 9.85. The molecule has 1 aromatic heterocycles. The molecule has 1 unspecified atom stereocenters. The first-order valence-electron chi connectivity index (χ1n) is 5.97. The predicted molar refractivity (Wildman–Crippen MR) is 77.7 cm³/mol. The molecule has 4 nitrogen and oxygen atoms in total. The van der Waals surface area contributed by atoms with E-state index in [4.69, 9.17) is 4.74 Å². The minimum absolute atomic E-state index is 0.0349. The Kier molecular flexibility index (Phi) is 4.76. The zero-order valence-electron chi connectivity index (χ0n) is 11.3. The molecule has 100 valence electrons. The van der Waals surface area contributed by atoms with Gasteiger partial charge in [0.05, 0.1) is 13.2 Å². The van der Waals surface area contributed by atoms with Crippen molar-refractivity contribution in [1.82, 2.24) is 15.3 Å². The van der Waals surface area contributed by atoms with Crippen molar-refractivity contribution in [3.8, 4) is 5.88 Å². The second kappa shape index (κ2) is 6.54. The lowest BCUT2D eigenvalue weighted by atomic mass is 10.0. The Morgan fingerprint density at radius 3 is 2.63 bits per heavy atom. The van der Waals surface area contributed by atoms with Crippen LogP contribution in [-0.4, -0.2) is 30.4 Å². The van der Waals surface area contributed by atoms with E-state index < -0.39 is 0 Å². The van der Waals surface area contributed by atoms with Crippen molar-refractivity contribution >= 4 is 11.8 Å². The average molecular weight is 275 g/mol. The van der Waals surface area contributed by atoms with E-state index in [1.165, 1.54) is 10.5 Å². The van der Waals surface area contributed by atoms with Gasteiger partial charge in [-0.25, -0.2) is 4.98 Å². The summed E-state index contributed by atoms with van der Waals surface area (Å²) >= 11 is 1.72. The molecule has 19 heavy (non-hydrogen) atoms. The van der Waals surface area contributed by atoms with Crippen LogP contribution in [0.15, 0.2) is 41.6 Å². The monoisotopic (exact) mass is 275 g/mol. The second-order valence-corrected chi connectivity index (χ2v) is 4.76. The Morgan fingerprint density at radius 1 is 1.21 bits per heavy atom. The van der Waals surface area contributed by atoms with Crippen LogP contribution in [0, 0.1) is 0 Å². The molecule has 0 aliphatic heterocycles. The molecule has 0 spiro atoms. The number of rotatable bonds is 5. The highest BCUT2D eigenvalue weighted by molar-refractivity contribution is 7.98. The molecule has 0 radical (unpaired) electrons. The highest BCUT2D eigenvalue weighted by Crippen LogP contribution is 2.31. The third-order valence-corrected chi connectivity index (χ3v) is 3.71. The number of hydrogen-bond donors (Lipinski definition) is 1. The third kappa shape index (κ3) is 2.88. The molecule has 1 atom stereocenters. The summed E-state index contributed by atoms with van der Waals surface area (Å²) in [7, 11) is 3.52. The molecular weight excluding hydrogens is 258 g/mol. The zero-order chi connectivity index (χ0) is 13.7. The molecule has 0 bridgehead atoms. The van der Waals surface area contributed by atoms with Gasteiger partial charge in [-0.2, -0.15) is 0 Å². The quantitative estimate of drug-likeness (QED) is 0.850. The summed E-state index contributed by atoms with van der Waals surface area (Å²) in [6.07, 6.45) is 5.39. The van der Waals surface area contributed by atoms with E-state index in [1.807, 2.05) is 19.2 Å². The van der Waals surface area contributed by atoms with E-state index in [2.05, 4.69) is 33.7 Å². The normalized spacial score (nSPS) is 12.2. The SMILES string of the molecule is CNC(c1ccccc1SC)c1nccnc1OC. The highest BCUT2D eigenvalue weighted by Gasteiger charge is 2.21. The van der Waals surface area contributed by atoms with Gasteiger partial charge in [0.2, 0.25) is 5.88 Å². The van der Waals surface area contributed by atoms with Gasteiger partial charge in [0.1, 0.15) is 5.69 Å². The summed E-state index contributed by atoms with van der Waals surface area (Å²) in [5, 5.41) is 3.29. The maximum absolute atomic E-state index is 5.30. The Labute approximate surface area is 117 Å². The van der Waals surface area contributed by atoms with Crippen LogP contribution in [0.25, 0.3) is 0 Å². The lowest BCUT2D eigenvalue weighted by molar-refractivity contribution is 0.384. The van der Waals surface area contributed by atoms with Crippen LogP contribution in [0.4, 0.5) is 0 Å². The van der Waals surface area contributed by atoms with E-state index in [0.29, 0.717) is 5.88 Å². The van der Waals surface area contributed by atoms with Crippen LogP contribution in [0.1, 0.15) is 17.3 Å². The lowest BCUT2D eigenvalue weighted by Crippen LogP contribution is -2.20. The minimum Gasteiger partial charge on any atom is -0.480 e. The van der Waals surface area contributed by atoms with Crippen molar-refractivity contribution in [2.24, 2.45) is 0 Å². The van der Waals surface area contributed by atoms with E-state index >= 15 is 0 Å². The van der Waals surface area contributed by atoms with Gasteiger partial charge >= 0.3 is 0 Å². The van der Waals surface area contributed by atoms with Gasteiger partial charge < -0.3 is 10.1 Å². The first kappa shape index (κ1) is 13.8. The summed E-state index contributed by atoms with van der Waals surface area (Å²) < 4.78 is 5.30. The van der Waals surface area contributed by atoms with Gasteiger partial charge in [-0.05, 0) is 24.9 Å². The third-order valence-electron chi connectivity index (χ3n) is 2.90. The summed E-state index contributed by atoms with van der Waals surface area (Å²) in [5.74, 6) is 0.553. The molecule has 1 heterocycles. The molecule has 0 aliphatic rings. The van der Waals surface area contributed by atoms with Crippen LogP contribution in [0.3, 0.4) is 0 Å². The number of thioether (sulfide) groups is 1. The molecule has 2 aromatic rings. The summed E-state index contributed by atoms with van der Waals surface area (Å²) in [6.45, 7) is 0. The largest absolute Gasteiger partial charge is 0.480 e. The van der Waals surface area contributed by atoms with Crippen LogP contribution in [0.5, 0.6) is 5.88 Å². The van der Waals surface area contributed by atoms with Gasteiger partial charge in [-0.1, -0.05) is 18.2 Å². The van der Waals surface area contributed by atoms with Crippen LogP contribution in [0.2, 0.25) is 0 Å². The number of aromatic nitrogens is 2. The van der Waals surface area contributed by atoms with Gasteiger partial charge in [0, 0.05) is 17.3 Å². The molecule has 0 fully saturated rings. The molecule has 1 N–H and O–H groups in total. The van der Waals surface area contributed by atoms with Crippen LogP contribution < -0.4 is 10.1 Å². The fourth-order valence-corrected chi connectivity index (χ4v) is 2.67. The molecule has 0 amide bonds. The molecule has 5 heteroatoms. The number of hydrogen-bond acceptors (Lipinski definition) is 5. The van der Waals surface area contributed by atoms with Crippen LogP contribution in [-0.2, 0) is 0 Å². The Hall–Kier alpha value is -1.59. The number of methoxy groups -OCH3 is 1. The van der Waals surface area contributed by atoms with Crippen molar-refractivity contribution in [2.75, 3.05) is 20.4 Å². The topological polar surface area (TPSA) is 47.0 Å². The van der Waals surface area contributed by atoms with Crippen molar-refractivity contribution < 1.29 is 4.74 Å². The molecular formula is C14H17N3OS. The standard InChI is InChI=1S/C14H17N3OS/c1-15-12(10-6-4-5-7-11(10)19-3)13-14(18-2)17-9-8-16-13/h4-9,12,15H,1-3H3. The molecule has 1 aromatic carbocycles. The number of ether oxygens (including phenoxy) is 1. The molecule has 0 saturated carbocycles. The first-order valence-corrected chi connectivity index (χ1v) is 7.19. The fourth-order valence-electron chi connectivity index (χ4n) is 2.04. The van der Waals surface area contributed by atoms with Crippen molar-refractivity contribution in [2.45, 2.75) is 10.9 Å². The molecule has 2 rings (SSSR count). The lowest BCUT2D eigenvalue weighted by Gasteiger charge is -2.20. The summed E-state index contributed by atoms with van der Waals surface area (Å²) in [5.41, 5.74) is 1.98. The van der Waals surface area contributed by atoms with Crippen molar-refractivity contribution in [3.63, 3.8) is 0 Å². The maximum atomic E-state index is 5.30. The minimum atomic E-state index is -0.0349. The Morgan fingerprint density at radius 2 is 1.95 bits per heavy atom. The number of nitrogens with one attached hydrogen (secondary N) is 1. The van der Waals surface area contributed by atoms with Crippen LogP contribution >= 0.6 is 11.8 Å². The van der Waals surface area contributed by atoms with E-state index in [0.717, 1.165) is 5.69 Å². The fraction of sp³-hybridized carbons (Fsp3) is 0.286. The maximum Gasteiger partial charge on any atom is 0.237 e. The number of nitrogens with zero attached hydrogens (tertiary/aromatic N) is 2. The highest BCUT2D eigenvalue weighted by atomic mass is 32.2. The van der Waals surface area contributed by atoms with Gasteiger partial charge in [0.25, 0.3) is 0 Å². The van der Waals surface area contributed by atoms with Gasteiger partial charge in [0.15, 0.2) is 0 Å². The second-order valence-electron chi connectivity index (χ2n) is 3.91. The van der Waals surface area contributed by atoms with Gasteiger partial charge in [-0.3, -0.25) is 4.98 Å². The van der Waals surface area contributed by atoms with Crippen molar-refractivity contribution in [1.29, 1.82) is 0 Å². The van der Waals surface area contributed by atoms with E-state index in [9.17, 15) is 0 Å². The first-order chi connectivity index (χ1) is 9.31.